The summed E-state index contributed by atoms with van der Waals surface area (Å²) in [6.45, 7) is 6.23. The van der Waals surface area contributed by atoms with E-state index in [0.29, 0.717) is 11.1 Å². The summed E-state index contributed by atoms with van der Waals surface area (Å²) in [5.41, 5.74) is 1.24. The number of rotatable bonds is 3. The van der Waals surface area contributed by atoms with Gasteiger partial charge in [-0.1, -0.05) is 63.2 Å². The van der Waals surface area contributed by atoms with Crippen LogP contribution in [0.4, 0.5) is 13.2 Å². The molecule has 0 saturated carbocycles. The van der Waals surface area contributed by atoms with E-state index >= 15 is 0 Å². The highest BCUT2D eigenvalue weighted by molar-refractivity contribution is 5.97. The number of Topliss-reactive ketones (excluding diaryl/α,β-unsaturated/α-hetero) is 1. The lowest BCUT2D eigenvalue weighted by atomic mass is 9.86. The van der Waals surface area contributed by atoms with Crippen LogP contribution in [0.15, 0.2) is 48.5 Å². The Morgan fingerprint density at radius 2 is 1.52 bits per heavy atom. The normalized spacial score (nSPS) is 12.3. The predicted molar refractivity (Wildman–Crippen MR) is 84.6 cm³/mol. The van der Waals surface area contributed by atoms with Crippen molar-refractivity contribution in [1.82, 2.24) is 0 Å². The van der Waals surface area contributed by atoms with Crippen LogP contribution in [0.25, 0.3) is 0 Å². The van der Waals surface area contributed by atoms with Crippen LogP contribution in [-0.2, 0) is 18.0 Å². The number of ketones is 1. The minimum absolute atomic E-state index is 0.0113. The molecule has 122 valence electrons. The average Bonchev–Trinajstić information content (AvgIpc) is 2.46. The Morgan fingerprint density at radius 3 is 2.04 bits per heavy atom. The standard InChI is InChI=1S/C19H19F3O/c1-18(2,3)15-9-7-14(8-10-15)17(23)12-13-5-4-6-16(11-13)19(20,21)22/h4-11H,12H2,1-3H3. The van der Waals surface area contributed by atoms with Crippen LogP contribution in [0, 0.1) is 0 Å². The molecule has 0 N–H and O–H groups in total. The molecule has 23 heavy (non-hydrogen) atoms. The van der Waals surface area contributed by atoms with Crippen molar-refractivity contribution in [2.75, 3.05) is 0 Å². The first-order chi connectivity index (χ1) is 10.6. The van der Waals surface area contributed by atoms with Gasteiger partial charge in [-0.2, -0.15) is 13.2 Å². The summed E-state index contributed by atoms with van der Waals surface area (Å²) in [7, 11) is 0. The van der Waals surface area contributed by atoms with Gasteiger partial charge in [0.1, 0.15) is 0 Å². The van der Waals surface area contributed by atoms with E-state index < -0.39 is 11.7 Å². The van der Waals surface area contributed by atoms with Gasteiger partial charge in [0.25, 0.3) is 0 Å². The lowest BCUT2D eigenvalue weighted by Crippen LogP contribution is -2.12. The first-order valence-electron chi connectivity index (χ1n) is 7.37. The van der Waals surface area contributed by atoms with Gasteiger partial charge >= 0.3 is 6.18 Å². The molecule has 0 aromatic heterocycles. The zero-order chi connectivity index (χ0) is 17.3. The van der Waals surface area contributed by atoms with Gasteiger partial charge in [-0.05, 0) is 22.6 Å². The minimum atomic E-state index is -4.40. The van der Waals surface area contributed by atoms with Crippen LogP contribution >= 0.6 is 0 Å². The van der Waals surface area contributed by atoms with Crippen LogP contribution in [-0.4, -0.2) is 5.78 Å². The first kappa shape index (κ1) is 17.3. The van der Waals surface area contributed by atoms with E-state index in [4.69, 9.17) is 0 Å². The second-order valence-corrected chi connectivity index (χ2v) is 6.63. The van der Waals surface area contributed by atoms with E-state index in [-0.39, 0.29) is 17.6 Å². The van der Waals surface area contributed by atoms with Gasteiger partial charge in [0.15, 0.2) is 5.78 Å². The number of halogens is 3. The molecular formula is C19H19F3O. The van der Waals surface area contributed by atoms with Crippen molar-refractivity contribution < 1.29 is 18.0 Å². The molecule has 0 aliphatic heterocycles. The van der Waals surface area contributed by atoms with Crippen molar-refractivity contribution in [2.45, 2.75) is 38.8 Å². The molecule has 0 saturated heterocycles. The summed E-state index contributed by atoms with van der Waals surface area (Å²) < 4.78 is 38.1. The van der Waals surface area contributed by atoms with Crippen molar-refractivity contribution in [3.8, 4) is 0 Å². The van der Waals surface area contributed by atoms with Gasteiger partial charge < -0.3 is 0 Å². The Balaban J connectivity index is 2.16. The number of hydrogen-bond donors (Lipinski definition) is 0. The lowest BCUT2D eigenvalue weighted by Gasteiger charge is -2.19. The Labute approximate surface area is 134 Å². The molecule has 1 nitrogen and oxygen atoms in total. The summed E-state index contributed by atoms with van der Waals surface area (Å²) in [6, 6.07) is 12.1. The second kappa shape index (κ2) is 6.19. The molecule has 0 heterocycles. The molecule has 0 aliphatic rings. The Hall–Kier alpha value is -2.10. The molecule has 0 aliphatic carbocycles. The number of alkyl halides is 3. The molecule has 0 unspecified atom stereocenters. The van der Waals surface area contributed by atoms with E-state index in [1.54, 1.807) is 12.1 Å². The van der Waals surface area contributed by atoms with Gasteiger partial charge in [-0.15, -0.1) is 0 Å². The van der Waals surface area contributed by atoms with Crippen molar-refractivity contribution in [2.24, 2.45) is 0 Å². The monoisotopic (exact) mass is 320 g/mol. The molecule has 0 fully saturated rings. The number of benzene rings is 2. The summed E-state index contributed by atoms with van der Waals surface area (Å²) in [4.78, 5) is 12.3. The quantitative estimate of drug-likeness (QED) is 0.689. The summed E-state index contributed by atoms with van der Waals surface area (Å²) in [6.07, 6.45) is -4.44. The molecule has 0 radical (unpaired) electrons. The first-order valence-corrected chi connectivity index (χ1v) is 7.37. The van der Waals surface area contributed by atoms with Crippen LogP contribution in [0.5, 0.6) is 0 Å². The van der Waals surface area contributed by atoms with Gasteiger partial charge in [0.05, 0.1) is 5.56 Å². The molecule has 2 aromatic rings. The van der Waals surface area contributed by atoms with Gasteiger partial charge in [-0.25, -0.2) is 0 Å². The molecule has 0 spiro atoms. The van der Waals surface area contributed by atoms with Crippen molar-refractivity contribution in [1.29, 1.82) is 0 Å². The molecule has 0 atom stereocenters. The maximum Gasteiger partial charge on any atom is 0.416 e. The fraction of sp³-hybridized carbons (Fsp3) is 0.316. The maximum atomic E-state index is 12.7. The van der Waals surface area contributed by atoms with E-state index in [1.165, 1.54) is 12.1 Å². The van der Waals surface area contributed by atoms with Crippen LogP contribution < -0.4 is 0 Å². The zero-order valence-corrected chi connectivity index (χ0v) is 13.4. The largest absolute Gasteiger partial charge is 0.416 e. The number of carbonyl (C=O) groups is 1. The van der Waals surface area contributed by atoms with Crippen LogP contribution in [0.2, 0.25) is 0 Å². The van der Waals surface area contributed by atoms with E-state index in [2.05, 4.69) is 20.8 Å². The zero-order valence-electron chi connectivity index (χ0n) is 13.4. The third kappa shape index (κ3) is 4.44. The van der Waals surface area contributed by atoms with Gasteiger partial charge in [0.2, 0.25) is 0 Å². The fourth-order valence-corrected chi connectivity index (χ4v) is 2.30. The topological polar surface area (TPSA) is 17.1 Å². The van der Waals surface area contributed by atoms with Crippen LogP contribution in [0.1, 0.15) is 47.8 Å². The average molecular weight is 320 g/mol. The Kier molecular flexibility index (Phi) is 4.64. The van der Waals surface area contributed by atoms with Crippen molar-refractivity contribution >= 4 is 5.78 Å². The number of hydrogen-bond acceptors (Lipinski definition) is 1. The highest BCUT2D eigenvalue weighted by atomic mass is 19.4. The fourth-order valence-electron chi connectivity index (χ4n) is 2.30. The predicted octanol–water partition coefficient (Wildman–Crippen LogP) is 5.43. The van der Waals surface area contributed by atoms with Crippen LogP contribution in [0.3, 0.4) is 0 Å². The van der Waals surface area contributed by atoms with E-state index in [9.17, 15) is 18.0 Å². The third-order valence-electron chi connectivity index (χ3n) is 3.69. The summed E-state index contributed by atoms with van der Waals surface area (Å²) in [5, 5.41) is 0. The van der Waals surface area contributed by atoms with Crippen molar-refractivity contribution in [3.63, 3.8) is 0 Å². The lowest BCUT2D eigenvalue weighted by molar-refractivity contribution is -0.137. The SMILES string of the molecule is CC(C)(C)c1ccc(C(=O)Cc2cccc(C(F)(F)F)c2)cc1. The van der Waals surface area contributed by atoms with Crippen molar-refractivity contribution in [3.05, 3.63) is 70.8 Å². The molecule has 0 bridgehead atoms. The molecular weight excluding hydrogens is 301 g/mol. The number of carbonyl (C=O) groups excluding carboxylic acids is 1. The highest BCUT2D eigenvalue weighted by Gasteiger charge is 2.30. The Bertz CT molecular complexity index is 692. The Morgan fingerprint density at radius 1 is 0.913 bits per heavy atom. The maximum absolute atomic E-state index is 12.7. The van der Waals surface area contributed by atoms with Gasteiger partial charge in [-0.3, -0.25) is 4.79 Å². The summed E-state index contributed by atoms with van der Waals surface area (Å²) in [5.74, 6) is -0.190. The van der Waals surface area contributed by atoms with E-state index in [1.807, 2.05) is 12.1 Å². The molecule has 0 amide bonds. The molecule has 2 aromatic carbocycles. The van der Waals surface area contributed by atoms with Gasteiger partial charge in [0, 0.05) is 12.0 Å². The molecule has 2 rings (SSSR count). The second-order valence-electron chi connectivity index (χ2n) is 6.63. The van der Waals surface area contributed by atoms with E-state index in [0.717, 1.165) is 17.7 Å². The smallest absolute Gasteiger partial charge is 0.294 e. The highest BCUT2D eigenvalue weighted by Crippen LogP contribution is 2.30. The minimum Gasteiger partial charge on any atom is -0.294 e. The molecule has 4 heteroatoms. The summed E-state index contributed by atoms with van der Waals surface area (Å²) >= 11 is 0. The third-order valence-corrected chi connectivity index (χ3v) is 3.69.